The quantitative estimate of drug-likeness (QED) is 0.831. The zero-order valence-corrected chi connectivity index (χ0v) is 14.3. The van der Waals surface area contributed by atoms with Gasteiger partial charge in [-0.2, -0.15) is 0 Å². The highest BCUT2D eigenvalue weighted by Crippen LogP contribution is 2.27. The van der Waals surface area contributed by atoms with E-state index in [1.807, 2.05) is 0 Å². The Morgan fingerprint density at radius 1 is 1.48 bits per heavy atom. The topological polar surface area (TPSA) is 64.8 Å². The molecule has 0 radical (unpaired) electrons. The number of hydrogen-bond acceptors (Lipinski definition) is 5. The molecule has 0 unspecified atom stereocenters. The first kappa shape index (κ1) is 17.4. The molecule has 0 bridgehead atoms. The lowest BCUT2D eigenvalue weighted by molar-refractivity contribution is -0.0825. The normalized spacial score (nSPS) is 20.5. The minimum Gasteiger partial charge on any atom is -0.490 e. The molecule has 1 fully saturated rings. The van der Waals surface area contributed by atoms with Crippen molar-refractivity contribution in [1.29, 1.82) is 0 Å². The maximum atomic E-state index is 13.3. The van der Waals surface area contributed by atoms with Crippen LogP contribution in [0.1, 0.15) is 28.9 Å². The van der Waals surface area contributed by atoms with Crippen molar-refractivity contribution in [2.45, 2.75) is 25.4 Å². The largest absolute Gasteiger partial charge is 0.490 e. The Bertz CT molecular complexity index is 748. The molecule has 7 heteroatoms. The van der Waals surface area contributed by atoms with Gasteiger partial charge in [-0.3, -0.25) is 4.79 Å². The molecule has 1 atom stereocenters. The van der Waals surface area contributed by atoms with Crippen LogP contribution in [0.5, 0.6) is 5.75 Å². The van der Waals surface area contributed by atoms with Crippen molar-refractivity contribution in [3.05, 3.63) is 47.6 Å². The van der Waals surface area contributed by atoms with E-state index in [0.29, 0.717) is 30.1 Å². The SMILES string of the molecule is CO[C@@]1(COc2cccc(F)c2)CCCN(C(=O)c2conc2C)C1. The molecular weight excluding hydrogens is 327 g/mol. The van der Waals surface area contributed by atoms with Crippen molar-refractivity contribution in [3.8, 4) is 5.75 Å². The molecule has 3 rings (SSSR count). The molecule has 0 spiro atoms. The number of carbonyl (C=O) groups excluding carboxylic acids is 1. The van der Waals surface area contributed by atoms with E-state index in [0.717, 1.165) is 12.8 Å². The second-order valence-corrected chi connectivity index (χ2v) is 6.28. The van der Waals surface area contributed by atoms with Gasteiger partial charge < -0.3 is 18.9 Å². The summed E-state index contributed by atoms with van der Waals surface area (Å²) in [5.41, 5.74) is 0.387. The number of ether oxygens (including phenoxy) is 2. The van der Waals surface area contributed by atoms with Crippen molar-refractivity contribution < 1.29 is 23.2 Å². The predicted octanol–water partition coefficient (Wildman–Crippen LogP) is 2.82. The first-order valence-electron chi connectivity index (χ1n) is 8.17. The van der Waals surface area contributed by atoms with Crippen LogP contribution < -0.4 is 4.74 Å². The molecule has 1 aliphatic heterocycles. The van der Waals surface area contributed by atoms with Gasteiger partial charge in [0.05, 0.1) is 12.2 Å². The molecule has 25 heavy (non-hydrogen) atoms. The molecule has 1 amide bonds. The average molecular weight is 348 g/mol. The average Bonchev–Trinajstić information content (AvgIpc) is 3.05. The fourth-order valence-electron chi connectivity index (χ4n) is 3.05. The Morgan fingerprint density at radius 2 is 2.32 bits per heavy atom. The second-order valence-electron chi connectivity index (χ2n) is 6.28. The Morgan fingerprint density at radius 3 is 3.00 bits per heavy atom. The molecule has 1 aromatic carbocycles. The number of benzene rings is 1. The maximum Gasteiger partial charge on any atom is 0.259 e. The summed E-state index contributed by atoms with van der Waals surface area (Å²) >= 11 is 0. The van der Waals surface area contributed by atoms with Crippen molar-refractivity contribution in [2.75, 3.05) is 26.8 Å². The lowest BCUT2D eigenvalue weighted by Crippen LogP contribution is -2.54. The van der Waals surface area contributed by atoms with Gasteiger partial charge in [-0.05, 0) is 31.9 Å². The third-order valence-corrected chi connectivity index (χ3v) is 4.54. The summed E-state index contributed by atoms with van der Waals surface area (Å²) < 4.78 is 29.6. The zero-order valence-electron chi connectivity index (χ0n) is 14.3. The third kappa shape index (κ3) is 3.82. The van der Waals surface area contributed by atoms with Crippen LogP contribution in [-0.4, -0.2) is 48.4 Å². The number of hydrogen-bond donors (Lipinski definition) is 0. The smallest absolute Gasteiger partial charge is 0.259 e. The van der Waals surface area contributed by atoms with E-state index in [4.69, 9.17) is 14.0 Å². The first-order valence-corrected chi connectivity index (χ1v) is 8.17. The van der Waals surface area contributed by atoms with Crippen LogP contribution >= 0.6 is 0 Å². The Hall–Kier alpha value is -2.41. The summed E-state index contributed by atoms with van der Waals surface area (Å²) in [6.07, 6.45) is 2.91. The first-order chi connectivity index (χ1) is 12.0. The Balaban J connectivity index is 1.70. The molecule has 2 aromatic rings. The number of piperidine rings is 1. The number of methoxy groups -OCH3 is 1. The van der Waals surface area contributed by atoms with Crippen molar-refractivity contribution in [3.63, 3.8) is 0 Å². The summed E-state index contributed by atoms with van der Waals surface area (Å²) in [5, 5.41) is 3.76. The Labute approximate surface area is 145 Å². The van der Waals surface area contributed by atoms with Gasteiger partial charge in [-0.1, -0.05) is 11.2 Å². The number of carbonyl (C=O) groups is 1. The summed E-state index contributed by atoms with van der Waals surface area (Å²) in [6, 6.07) is 5.98. The van der Waals surface area contributed by atoms with E-state index in [1.54, 1.807) is 31.1 Å². The Kier molecular flexibility index (Phi) is 5.03. The van der Waals surface area contributed by atoms with E-state index in [1.165, 1.54) is 18.4 Å². The second kappa shape index (κ2) is 7.23. The monoisotopic (exact) mass is 348 g/mol. The highest BCUT2D eigenvalue weighted by molar-refractivity contribution is 5.94. The summed E-state index contributed by atoms with van der Waals surface area (Å²) in [5.74, 6) is -0.0484. The molecule has 0 saturated carbocycles. The number of aryl methyl sites for hydroxylation is 1. The van der Waals surface area contributed by atoms with Gasteiger partial charge in [0.15, 0.2) is 0 Å². The standard InChI is InChI=1S/C18H21FN2O4/c1-13-16(10-25-20-13)17(22)21-8-4-7-18(11-21,23-2)12-24-15-6-3-5-14(19)9-15/h3,5-6,9-10H,4,7-8,11-12H2,1-2H3/t18-/m0/s1. The molecular formula is C18H21FN2O4. The lowest BCUT2D eigenvalue weighted by atomic mass is 9.92. The molecule has 1 aromatic heterocycles. The number of aromatic nitrogens is 1. The van der Waals surface area contributed by atoms with Gasteiger partial charge >= 0.3 is 0 Å². The zero-order chi connectivity index (χ0) is 17.9. The van der Waals surface area contributed by atoms with Crippen molar-refractivity contribution in [2.24, 2.45) is 0 Å². The number of halogens is 1. The number of likely N-dealkylation sites (tertiary alicyclic amines) is 1. The molecule has 1 saturated heterocycles. The molecule has 6 nitrogen and oxygen atoms in total. The number of amides is 1. The molecule has 134 valence electrons. The van der Waals surface area contributed by atoms with Crippen molar-refractivity contribution >= 4 is 5.91 Å². The third-order valence-electron chi connectivity index (χ3n) is 4.54. The van der Waals surface area contributed by atoms with Gasteiger partial charge in [-0.15, -0.1) is 0 Å². The van der Waals surface area contributed by atoms with E-state index >= 15 is 0 Å². The van der Waals surface area contributed by atoms with Gasteiger partial charge in [0.25, 0.3) is 5.91 Å². The van der Waals surface area contributed by atoms with Crippen LogP contribution in [0.2, 0.25) is 0 Å². The fourth-order valence-corrected chi connectivity index (χ4v) is 3.05. The summed E-state index contributed by atoms with van der Waals surface area (Å²) in [4.78, 5) is 14.4. The summed E-state index contributed by atoms with van der Waals surface area (Å²) in [6.45, 7) is 2.99. The van der Waals surface area contributed by atoms with Gasteiger partial charge in [0.2, 0.25) is 0 Å². The molecule has 0 aliphatic carbocycles. The minimum atomic E-state index is -0.634. The van der Waals surface area contributed by atoms with Crippen LogP contribution in [0.25, 0.3) is 0 Å². The molecule has 2 heterocycles. The molecule has 0 N–H and O–H groups in total. The van der Waals surface area contributed by atoms with Crippen LogP contribution in [0.3, 0.4) is 0 Å². The van der Waals surface area contributed by atoms with Crippen LogP contribution in [0.15, 0.2) is 35.1 Å². The summed E-state index contributed by atoms with van der Waals surface area (Å²) in [7, 11) is 1.60. The fraction of sp³-hybridized carbons (Fsp3) is 0.444. The predicted molar refractivity (Wildman–Crippen MR) is 88.0 cm³/mol. The van der Waals surface area contributed by atoms with Gasteiger partial charge in [-0.25, -0.2) is 4.39 Å². The van der Waals surface area contributed by atoms with E-state index in [9.17, 15) is 9.18 Å². The van der Waals surface area contributed by atoms with Crippen LogP contribution in [0.4, 0.5) is 4.39 Å². The van der Waals surface area contributed by atoms with Crippen LogP contribution in [-0.2, 0) is 4.74 Å². The maximum absolute atomic E-state index is 13.3. The number of nitrogens with zero attached hydrogens (tertiary/aromatic N) is 2. The molecule has 1 aliphatic rings. The highest BCUT2D eigenvalue weighted by atomic mass is 19.1. The van der Waals surface area contributed by atoms with Gasteiger partial charge in [0, 0.05) is 19.7 Å². The van der Waals surface area contributed by atoms with E-state index < -0.39 is 5.60 Å². The highest BCUT2D eigenvalue weighted by Gasteiger charge is 2.39. The van der Waals surface area contributed by atoms with Crippen molar-refractivity contribution in [1.82, 2.24) is 10.1 Å². The van der Waals surface area contributed by atoms with Crippen LogP contribution in [0, 0.1) is 12.7 Å². The van der Waals surface area contributed by atoms with Gasteiger partial charge in [0.1, 0.15) is 35.6 Å². The lowest BCUT2D eigenvalue weighted by Gasteiger charge is -2.41. The minimum absolute atomic E-state index is 0.134. The van der Waals surface area contributed by atoms with E-state index in [-0.39, 0.29) is 18.3 Å². The number of rotatable bonds is 5. The van der Waals surface area contributed by atoms with E-state index in [2.05, 4.69) is 5.16 Å².